The summed E-state index contributed by atoms with van der Waals surface area (Å²) in [5.41, 5.74) is 10.2. The lowest BCUT2D eigenvalue weighted by atomic mass is 10.1. The molecule has 4 amide bonds. The molecule has 0 aromatic heterocycles. The van der Waals surface area contributed by atoms with E-state index in [9.17, 15) is 19.2 Å². The normalized spacial score (nSPS) is 19.9. The second-order valence-electron chi connectivity index (χ2n) is 9.43. The summed E-state index contributed by atoms with van der Waals surface area (Å²) < 4.78 is 10.7. The van der Waals surface area contributed by atoms with Gasteiger partial charge < -0.3 is 26.3 Å². The third kappa shape index (κ3) is 6.35. The first-order valence-electron chi connectivity index (χ1n) is 10.3. The fraction of sp³-hybridized carbons (Fsp3) is 0.545. The number of nitrogens with two attached hydrogens (primary N) is 2. The molecule has 0 heterocycles. The van der Waals surface area contributed by atoms with Crippen molar-refractivity contribution in [2.75, 3.05) is 0 Å². The van der Waals surface area contributed by atoms with Gasteiger partial charge in [0.2, 0.25) is 11.8 Å². The lowest BCUT2D eigenvalue weighted by molar-refractivity contribution is -0.128. The molecule has 1 aromatic carbocycles. The number of rotatable bonds is 8. The van der Waals surface area contributed by atoms with Crippen LogP contribution in [0.25, 0.3) is 0 Å². The third-order valence-electron chi connectivity index (χ3n) is 5.22. The van der Waals surface area contributed by atoms with Crippen LogP contribution >= 0.6 is 0 Å². The van der Waals surface area contributed by atoms with Gasteiger partial charge in [-0.3, -0.25) is 14.5 Å². The van der Waals surface area contributed by atoms with Crippen molar-refractivity contribution in [3.8, 4) is 0 Å². The Kier molecular flexibility index (Phi) is 7.38. The van der Waals surface area contributed by atoms with Crippen LogP contribution in [0, 0.1) is 5.41 Å². The van der Waals surface area contributed by atoms with Crippen LogP contribution in [0.2, 0.25) is 0 Å². The minimum Gasteiger partial charge on any atom is -0.445 e. The number of primary amides is 2. The summed E-state index contributed by atoms with van der Waals surface area (Å²) in [5, 5.41) is 2.73. The Balaban J connectivity index is 2.26. The maximum absolute atomic E-state index is 13.1. The van der Waals surface area contributed by atoms with Gasteiger partial charge in [-0.05, 0) is 26.3 Å². The number of benzene rings is 1. The first kappa shape index (κ1) is 25.0. The van der Waals surface area contributed by atoms with Crippen molar-refractivity contribution in [2.45, 2.75) is 71.4 Å². The maximum atomic E-state index is 13.1. The number of carbonyl (C=O) groups is 4. The molecule has 10 heteroatoms. The summed E-state index contributed by atoms with van der Waals surface area (Å²) in [7, 11) is 0. The van der Waals surface area contributed by atoms with Crippen LogP contribution < -0.4 is 16.8 Å². The lowest BCUT2D eigenvalue weighted by Gasteiger charge is -2.30. The molecule has 0 bridgehead atoms. The van der Waals surface area contributed by atoms with E-state index in [1.54, 1.807) is 58.9 Å². The van der Waals surface area contributed by atoms with Crippen LogP contribution in [-0.4, -0.2) is 52.6 Å². The van der Waals surface area contributed by atoms with Gasteiger partial charge in [0.1, 0.15) is 18.2 Å². The smallest absolute Gasteiger partial charge is 0.411 e. The Bertz CT molecular complexity index is 865. The zero-order chi connectivity index (χ0) is 24.3. The summed E-state index contributed by atoms with van der Waals surface area (Å²) >= 11 is 0. The van der Waals surface area contributed by atoms with Crippen molar-refractivity contribution in [2.24, 2.45) is 16.9 Å². The van der Waals surface area contributed by atoms with Crippen molar-refractivity contribution in [1.82, 2.24) is 10.2 Å². The van der Waals surface area contributed by atoms with E-state index in [-0.39, 0.29) is 6.61 Å². The molecule has 0 aliphatic heterocycles. The maximum Gasteiger partial charge on any atom is 0.411 e. The molecule has 32 heavy (non-hydrogen) atoms. The quantitative estimate of drug-likeness (QED) is 0.549. The summed E-state index contributed by atoms with van der Waals surface area (Å²) in [5.74, 6) is -1.70. The Morgan fingerprint density at radius 2 is 1.72 bits per heavy atom. The highest BCUT2D eigenvalue weighted by Gasteiger charge is 2.65. The first-order valence-corrected chi connectivity index (χ1v) is 10.3. The molecule has 3 atom stereocenters. The molecule has 5 N–H and O–H groups in total. The third-order valence-corrected chi connectivity index (χ3v) is 5.22. The lowest BCUT2D eigenvalue weighted by Crippen LogP contribution is -2.53. The average molecular weight is 449 g/mol. The zero-order valence-electron chi connectivity index (χ0n) is 19.1. The fourth-order valence-corrected chi connectivity index (χ4v) is 3.58. The second kappa shape index (κ2) is 9.46. The van der Waals surface area contributed by atoms with Crippen LogP contribution in [0.5, 0.6) is 0 Å². The van der Waals surface area contributed by atoms with Crippen LogP contribution in [0.15, 0.2) is 30.3 Å². The van der Waals surface area contributed by atoms with E-state index in [0.717, 1.165) is 10.5 Å². The van der Waals surface area contributed by atoms with Gasteiger partial charge in [-0.25, -0.2) is 9.59 Å². The van der Waals surface area contributed by atoms with E-state index in [1.165, 1.54) is 0 Å². The SMILES string of the molecule is CC(C)(C)OC(=O)N[C@@H]1[C@H](N(C(=O)OCc2ccccc2)[C@@H](CC(N)=O)C(N)=O)C1(C)C. The number of amides is 4. The van der Waals surface area contributed by atoms with Gasteiger partial charge >= 0.3 is 12.2 Å². The average Bonchev–Trinajstić information content (AvgIpc) is 3.17. The monoisotopic (exact) mass is 448 g/mol. The highest BCUT2D eigenvalue weighted by Crippen LogP contribution is 2.50. The predicted octanol–water partition coefficient (Wildman–Crippen LogP) is 1.66. The number of carbonyl (C=O) groups excluding carboxylic acids is 4. The van der Waals surface area contributed by atoms with Crippen molar-refractivity contribution in [3.63, 3.8) is 0 Å². The molecule has 10 nitrogen and oxygen atoms in total. The number of hydrogen-bond acceptors (Lipinski definition) is 6. The summed E-state index contributed by atoms with van der Waals surface area (Å²) in [6.45, 7) is 8.75. The van der Waals surface area contributed by atoms with Crippen molar-refractivity contribution < 1.29 is 28.7 Å². The molecular formula is C22H32N4O6. The number of alkyl carbamates (subject to hydrolysis) is 1. The minimum absolute atomic E-state index is 0.0461. The molecule has 176 valence electrons. The van der Waals surface area contributed by atoms with Gasteiger partial charge in [0.05, 0.1) is 18.5 Å². The molecule has 1 saturated carbocycles. The topological polar surface area (TPSA) is 154 Å². The molecule has 0 spiro atoms. The second-order valence-corrected chi connectivity index (χ2v) is 9.43. The van der Waals surface area contributed by atoms with E-state index in [4.69, 9.17) is 20.9 Å². The molecular weight excluding hydrogens is 416 g/mol. The Morgan fingerprint density at radius 1 is 1.12 bits per heavy atom. The van der Waals surface area contributed by atoms with E-state index in [1.807, 2.05) is 6.07 Å². The summed E-state index contributed by atoms with van der Waals surface area (Å²) in [4.78, 5) is 50.2. The van der Waals surface area contributed by atoms with Crippen molar-refractivity contribution in [3.05, 3.63) is 35.9 Å². The van der Waals surface area contributed by atoms with Gasteiger partial charge in [-0.1, -0.05) is 44.2 Å². The molecule has 1 aliphatic carbocycles. The van der Waals surface area contributed by atoms with Gasteiger partial charge in [0.15, 0.2) is 0 Å². The number of hydrogen-bond donors (Lipinski definition) is 3. The molecule has 0 saturated heterocycles. The molecule has 0 unspecified atom stereocenters. The van der Waals surface area contributed by atoms with E-state index < -0.39 is 59.6 Å². The Morgan fingerprint density at radius 3 is 2.22 bits per heavy atom. The number of nitrogens with zero attached hydrogens (tertiary/aromatic N) is 1. The van der Waals surface area contributed by atoms with Gasteiger partial charge in [-0.15, -0.1) is 0 Å². The fourth-order valence-electron chi connectivity index (χ4n) is 3.58. The largest absolute Gasteiger partial charge is 0.445 e. The zero-order valence-corrected chi connectivity index (χ0v) is 19.1. The van der Waals surface area contributed by atoms with Crippen LogP contribution in [-0.2, 0) is 25.7 Å². The predicted molar refractivity (Wildman–Crippen MR) is 116 cm³/mol. The van der Waals surface area contributed by atoms with Gasteiger partial charge in [-0.2, -0.15) is 0 Å². The standard InChI is InChI=1S/C22H32N4O6/c1-21(2,3)32-19(29)25-16-17(22(16,4)5)26(14(18(24)28)11-15(23)27)20(30)31-12-13-9-7-6-8-10-13/h6-10,14,16-17H,11-12H2,1-5H3,(H2,23,27)(H2,24,28)(H,25,29)/t14-,16+,17-/m0/s1. The highest BCUT2D eigenvalue weighted by atomic mass is 16.6. The molecule has 1 fully saturated rings. The summed E-state index contributed by atoms with van der Waals surface area (Å²) in [6.07, 6.45) is -1.98. The molecule has 1 aromatic rings. The molecule has 2 rings (SSSR count). The van der Waals surface area contributed by atoms with Crippen molar-refractivity contribution in [1.29, 1.82) is 0 Å². The Hall–Kier alpha value is -3.30. The molecule has 0 radical (unpaired) electrons. The van der Waals surface area contributed by atoms with E-state index >= 15 is 0 Å². The molecule has 1 aliphatic rings. The summed E-state index contributed by atoms with van der Waals surface area (Å²) in [6, 6.07) is 6.42. The number of nitrogens with one attached hydrogen (secondary N) is 1. The van der Waals surface area contributed by atoms with Gasteiger partial charge in [0, 0.05) is 5.41 Å². The van der Waals surface area contributed by atoms with Crippen molar-refractivity contribution >= 4 is 24.0 Å². The Labute approximate surface area is 187 Å². The van der Waals surface area contributed by atoms with E-state index in [2.05, 4.69) is 5.32 Å². The van der Waals surface area contributed by atoms with Gasteiger partial charge in [0.25, 0.3) is 0 Å². The minimum atomic E-state index is -1.33. The van der Waals surface area contributed by atoms with Crippen LogP contribution in [0.4, 0.5) is 9.59 Å². The number of ether oxygens (including phenoxy) is 2. The van der Waals surface area contributed by atoms with Crippen LogP contribution in [0.1, 0.15) is 46.6 Å². The highest BCUT2D eigenvalue weighted by molar-refractivity contribution is 5.90. The van der Waals surface area contributed by atoms with E-state index in [0.29, 0.717) is 0 Å². The van der Waals surface area contributed by atoms with Crippen LogP contribution in [0.3, 0.4) is 0 Å². The first-order chi connectivity index (χ1) is 14.7.